The highest BCUT2D eigenvalue weighted by molar-refractivity contribution is 5.95. The Hall–Kier alpha value is -2.49. The molecule has 0 aromatic heterocycles. The summed E-state index contributed by atoms with van der Waals surface area (Å²) in [5.41, 5.74) is 1.61. The van der Waals surface area contributed by atoms with Gasteiger partial charge in [-0.1, -0.05) is 37.3 Å². The van der Waals surface area contributed by atoms with Gasteiger partial charge in [0, 0.05) is 11.6 Å². The third-order valence-corrected chi connectivity index (χ3v) is 3.53. The fourth-order valence-corrected chi connectivity index (χ4v) is 2.29. The van der Waals surface area contributed by atoms with Gasteiger partial charge in [0.05, 0.1) is 20.3 Å². The second-order valence-corrected chi connectivity index (χ2v) is 4.95. The van der Waals surface area contributed by atoms with Crippen LogP contribution in [0.5, 0.6) is 11.5 Å². The molecule has 0 heterocycles. The number of ether oxygens (including phenoxy) is 2. The average Bonchev–Trinajstić information content (AvgIpc) is 2.59. The van der Waals surface area contributed by atoms with Crippen LogP contribution in [0.1, 0.15) is 35.3 Å². The van der Waals surface area contributed by atoms with Gasteiger partial charge in [-0.2, -0.15) is 0 Å². The zero-order chi connectivity index (χ0) is 15.9. The minimum Gasteiger partial charge on any atom is -0.497 e. The Balaban J connectivity index is 2.20. The second kappa shape index (κ2) is 7.50. The van der Waals surface area contributed by atoms with Crippen molar-refractivity contribution in [3.8, 4) is 11.5 Å². The van der Waals surface area contributed by atoms with Gasteiger partial charge in [-0.05, 0) is 24.1 Å². The maximum atomic E-state index is 12.5. The Bertz CT molecular complexity index is 603. The number of carbonyl (C=O) groups is 1. The van der Waals surface area contributed by atoms with E-state index < -0.39 is 0 Å². The summed E-state index contributed by atoms with van der Waals surface area (Å²) in [5.74, 6) is 1.04. The third kappa shape index (κ3) is 3.79. The van der Waals surface area contributed by atoms with Crippen molar-refractivity contribution in [1.29, 1.82) is 0 Å². The molecule has 1 amide bonds. The van der Waals surface area contributed by atoms with Crippen molar-refractivity contribution in [2.45, 2.75) is 19.4 Å². The van der Waals surface area contributed by atoms with Crippen LogP contribution in [0.3, 0.4) is 0 Å². The van der Waals surface area contributed by atoms with Crippen LogP contribution in [-0.2, 0) is 0 Å². The summed E-state index contributed by atoms with van der Waals surface area (Å²) >= 11 is 0. The molecule has 0 spiro atoms. The number of hydrogen-bond acceptors (Lipinski definition) is 3. The Morgan fingerprint density at radius 3 is 2.14 bits per heavy atom. The lowest BCUT2D eigenvalue weighted by molar-refractivity contribution is 0.0935. The molecule has 0 aliphatic carbocycles. The molecule has 1 atom stereocenters. The quantitative estimate of drug-likeness (QED) is 0.887. The molecule has 22 heavy (non-hydrogen) atoms. The number of carbonyl (C=O) groups excluding carboxylic acids is 1. The topological polar surface area (TPSA) is 47.6 Å². The van der Waals surface area contributed by atoms with E-state index in [9.17, 15) is 4.79 Å². The number of hydrogen-bond donors (Lipinski definition) is 1. The van der Waals surface area contributed by atoms with E-state index in [0.717, 1.165) is 12.0 Å². The summed E-state index contributed by atoms with van der Waals surface area (Å²) in [7, 11) is 3.13. The van der Waals surface area contributed by atoms with Gasteiger partial charge in [0.2, 0.25) is 0 Å². The third-order valence-electron chi connectivity index (χ3n) is 3.53. The van der Waals surface area contributed by atoms with Crippen LogP contribution in [0.2, 0.25) is 0 Å². The molecule has 0 bridgehead atoms. The smallest absolute Gasteiger partial charge is 0.252 e. The van der Waals surface area contributed by atoms with E-state index in [2.05, 4.69) is 5.32 Å². The van der Waals surface area contributed by atoms with Gasteiger partial charge in [-0.3, -0.25) is 4.79 Å². The van der Waals surface area contributed by atoms with Gasteiger partial charge in [0.25, 0.3) is 5.91 Å². The number of nitrogens with one attached hydrogen (secondary N) is 1. The van der Waals surface area contributed by atoms with Gasteiger partial charge in [-0.25, -0.2) is 0 Å². The van der Waals surface area contributed by atoms with Crippen molar-refractivity contribution in [1.82, 2.24) is 5.32 Å². The molecule has 0 unspecified atom stereocenters. The van der Waals surface area contributed by atoms with Crippen LogP contribution < -0.4 is 14.8 Å². The lowest BCUT2D eigenvalue weighted by Gasteiger charge is -2.18. The fraction of sp³-hybridized carbons (Fsp3) is 0.278. The lowest BCUT2D eigenvalue weighted by Crippen LogP contribution is -2.28. The minimum atomic E-state index is -0.145. The van der Waals surface area contributed by atoms with Crippen molar-refractivity contribution in [3.63, 3.8) is 0 Å². The summed E-state index contributed by atoms with van der Waals surface area (Å²) in [4.78, 5) is 12.5. The molecule has 4 nitrogen and oxygen atoms in total. The zero-order valence-electron chi connectivity index (χ0n) is 13.1. The molecule has 0 aliphatic rings. The highest BCUT2D eigenvalue weighted by atomic mass is 16.5. The minimum absolute atomic E-state index is 0.0223. The first-order valence-electron chi connectivity index (χ1n) is 7.26. The van der Waals surface area contributed by atoms with Crippen molar-refractivity contribution in [2.24, 2.45) is 0 Å². The lowest BCUT2D eigenvalue weighted by atomic mass is 10.0. The Kier molecular flexibility index (Phi) is 5.42. The Morgan fingerprint density at radius 1 is 1.05 bits per heavy atom. The van der Waals surface area contributed by atoms with Gasteiger partial charge >= 0.3 is 0 Å². The molecule has 2 rings (SSSR count). The molecule has 1 N–H and O–H groups in total. The second-order valence-electron chi connectivity index (χ2n) is 4.95. The van der Waals surface area contributed by atoms with Gasteiger partial charge in [0.1, 0.15) is 11.5 Å². The van der Waals surface area contributed by atoms with Crippen LogP contribution in [0, 0.1) is 0 Å². The Morgan fingerprint density at radius 2 is 1.64 bits per heavy atom. The van der Waals surface area contributed by atoms with Crippen LogP contribution >= 0.6 is 0 Å². The first-order chi connectivity index (χ1) is 10.7. The molecular formula is C18H21NO3. The van der Waals surface area contributed by atoms with Crippen LogP contribution in [0.4, 0.5) is 0 Å². The Labute approximate surface area is 131 Å². The molecule has 116 valence electrons. The average molecular weight is 299 g/mol. The molecule has 0 aliphatic heterocycles. The molecular weight excluding hydrogens is 278 g/mol. The maximum Gasteiger partial charge on any atom is 0.252 e. The summed E-state index contributed by atoms with van der Waals surface area (Å²) < 4.78 is 10.4. The molecule has 4 heteroatoms. The van der Waals surface area contributed by atoms with Crippen molar-refractivity contribution >= 4 is 5.91 Å². The van der Waals surface area contributed by atoms with Gasteiger partial charge in [0.15, 0.2) is 0 Å². The van der Waals surface area contributed by atoms with E-state index in [1.807, 2.05) is 37.3 Å². The van der Waals surface area contributed by atoms with Crippen LogP contribution in [0.25, 0.3) is 0 Å². The van der Waals surface area contributed by atoms with E-state index in [1.54, 1.807) is 32.4 Å². The zero-order valence-corrected chi connectivity index (χ0v) is 13.1. The summed E-state index contributed by atoms with van der Waals surface area (Å²) in [5, 5.41) is 3.05. The normalized spacial score (nSPS) is 11.6. The van der Waals surface area contributed by atoms with Gasteiger partial charge in [-0.15, -0.1) is 0 Å². The maximum absolute atomic E-state index is 12.5. The standard InChI is InChI=1S/C18H21NO3/c1-4-17(13-8-6-5-7-9-13)19-18(20)14-10-15(21-2)12-16(11-14)22-3/h5-12,17H,4H2,1-3H3,(H,19,20)/t17-/m1/s1. The summed E-state index contributed by atoms with van der Waals surface area (Å²) in [6, 6.07) is 15.1. The number of rotatable bonds is 6. The predicted molar refractivity (Wildman–Crippen MR) is 86.5 cm³/mol. The first-order valence-corrected chi connectivity index (χ1v) is 7.26. The highest BCUT2D eigenvalue weighted by Crippen LogP contribution is 2.23. The summed E-state index contributed by atoms with van der Waals surface area (Å²) in [6.07, 6.45) is 0.816. The van der Waals surface area contributed by atoms with E-state index in [-0.39, 0.29) is 11.9 Å². The number of methoxy groups -OCH3 is 2. The number of benzene rings is 2. The fourth-order valence-electron chi connectivity index (χ4n) is 2.29. The van der Waals surface area contributed by atoms with Crippen LogP contribution in [-0.4, -0.2) is 20.1 Å². The first kappa shape index (κ1) is 15.9. The van der Waals surface area contributed by atoms with E-state index in [1.165, 1.54) is 0 Å². The molecule has 2 aromatic carbocycles. The molecule has 0 fully saturated rings. The van der Waals surface area contributed by atoms with E-state index in [4.69, 9.17) is 9.47 Å². The monoisotopic (exact) mass is 299 g/mol. The van der Waals surface area contributed by atoms with Crippen molar-refractivity contribution < 1.29 is 14.3 Å². The molecule has 0 saturated carbocycles. The summed E-state index contributed by atoms with van der Waals surface area (Å²) in [6.45, 7) is 2.05. The largest absolute Gasteiger partial charge is 0.497 e. The SMILES string of the molecule is CC[C@@H](NC(=O)c1cc(OC)cc(OC)c1)c1ccccc1. The molecule has 0 radical (unpaired) electrons. The van der Waals surface area contributed by atoms with E-state index in [0.29, 0.717) is 17.1 Å². The van der Waals surface area contributed by atoms with Crippen LogP contribution in [0.15, 0.2) is 48.5 Å². The van der Waals surface area contributed by atoms with E-state index >= 15 is 0 Å². The highest BCUT2D eigenvalue weighted by Gasteiger charge is 2.15. The molecule has 2 aromatic rings. The predicted octanol–water partition coefficient (Wildman–Crippen LogP) is 3.58. The molecule has 0 saturated heterocycles. The number of amides is 1. The van der Waals surface area contributed by atoms with Crippen molar-refractivity contribution in [2.75, 3.05) is 14.2 Å². The van der Waals surface area contributed by atoms with Crippen molar-refractivity contribution in [3.05, 3.63) is 59.7 Å². The van der Waals surface area contributed by atoms with Gasteiger partial charge < -0.3 is 14.8 Å².